The van der Waals surface area contributed by atoms with Crippen LogP contribution >= 0.6 is 0 Å². The van der Waals surface area contributed by atoms with Crippen molar-refractivity contribution in [3.05, 3.63) is 17.5 Å². The molecule has 8 heteroatoms. The number of aromatic nitrogens is 2. The summed E-state index contributed by atoms with van der Waals surface area (Å²) in [5.41, 5.74) is 1.50. The number of rotatable bonds is 5. The van der Waals surface area contributed by atoms with E-state index < -0.39 is 10.0 Å². The van der Waals surface area contributed by atoms with Crippen LogP contribution in [0.5, 0.6) is 0 Å². The van der Waals surface area contributed by atoms with Gasteiger partial charge in [0.1, 0.15) is 0 Å². The van der Waals surface area contributed by atoms with Crippen molar-refractivity contribution in [2.75, 3.05) is 37.0 Å². The van der Waals surface area contributed by atoms with Crippen LogP contribution in [0.1, 0.15) is 18.3 Å². The highest BCUT2D eigenvalue weighted by Crippen LogP contribution is 2.12. The molecule has 0 saturated carbocycles. The van der Waals surface area contributed by atoms with Gasteiger partial charge in [-0.25, -0.2) is 23.1 Å². The highest BCUT2D eigenvalue weighted by molar-refractivity contribution is 7.89. The third kappa shape index (κ3) is 4.12. The molecule has 0 atom stereocenters. The largest absolute Gasteiger partial charge is 0.378 e. The quantitative estimate of drug-likeness (QED) is 0.828. The maximum Gasteiger partial charge on any atom is 0.225 e. The van der Waals surface area contributed by atoms with Crippen LogP contribution < -0.4 is 9.62 Å². The number of nitrogens with zero attached hydrogens (tertiary/aromatic N) is 3. The number of hydrogen-bond donors (Lipinski definition) is 1. The van der Waals surface area contributed by atoms with Gasteiger partial charge in [0.05, 0.1) is 31.2 Å². The number of nitrogens with one attached hydrogen (secondary N) is 1. The van der Waals surface area contributed by atoms with Crippen molar-refractivity contribution in [2.45, 2.75) is 20.4 Å². The Morgan fingerprint density at radius 2 is 2.05 bits per heavy atom. The van der Waals surface area contributed by atoms with E-state index in [1.165, 1.54) is 0 Å². The fraction of sp³-hybridized carbons (Fsp3) is 0.667. The van der Waals surface area contributed by atoms with Crippen molar-refractivity contribution in [3.8, 4) is 0 Å². The fourth-order valence-electron chi connectivity index (χ4n) is 1.90. The van der Waals surface area contributed by atoms with E-state index in [1.54, 1.807) is 13.0 Å². The van der Waals surface area contributed by atoms with Gasteiger partial charge in [-0.15, -0.1) is 0 Å². The molecule has 20 heavy (non-hydrogen) atoms. The number of aryl methyl sites for hydroxylation is 1. The molecule has 1 fully saturated rings. The lowest BCUT2D eigenvalue weighted by atomic mass is 10.3. The summed E-state index contributed by atoms with van der Waals surface area (Å²) >= 11 is 0. The maximum atomic E-state index is 11.5. The zero-order chi connectivity index (χ0) is 14.6. The Bertz CT molecular complexity index is 556. The van der Waals surface area contributed by atoms with Gasteiger partial charge in [-0.3, -0.25) is 0 Å². The first kappa shape index (κ1) is 15.1. The standard InChI is InChI=1S/C12H20N4O3S/c1-3-20(17,18)13-9-11-8-10(2)14-12(15-11)16-4-6-19-7-5-16/h8,13H,3-7,9H2,1-2H3. The molecule has 0 aromatic carbocycles. The molecule has 1 N–H and O–H groups in total. The minimum absolute atomic E-state index is 0.0629. The van der Waals surface area contributed by atoms with E-state index >= 15 is 0 Å². The monoisotopic (exact) mass is 300 g/mol. The molecule has 2 rings (SSSR count). The maximum absolute atomic E-state index is 11.5. The van der Waals surface area contributed by atoms with Gasteiger partial charge in [0.25, 0.3) is 0 Å². The lowest BCUT2D eigenvalue weighted by Gasteiger charge is -2.27. The Hall–Kier alpha value is -1.25. The highest BCUT2D eigenvalue weighted by Gasteiger charge is 2.15. The lowest BCUT2D eigenvalue weighted by Crippen LogP contribution is -2.37. The third-order valence-corrected chi connectivity index (χ3v) is 4.39. The zero-order valence-electron chi connectivity index (χ0n) is 11.8. The van der Waals surface area contributed by atoms with Crippen molar-refractivity contribution in [3.63, 3.8) is 0 Å². The second-order valence-corrected chi connectivity index (χ2v) is 6.72. The molecule has 0 bridgehead atoms. The molecule has 1 aromatic heterocycles. The number of sulfonamides is 1. The van der Waals surface area contributed by atoms with Gasteiger partial charge in [-0.05, 0) is 19.9 Å². The van der Waals surface area contributed by atoms with E-state index in [-0.39, 0.29) is 12.3 Å². The van der Waals surface area contributed by atoms with Crippen LogP contribution in [-0.2, 0) is 21.3 Å². The first-order valence-corrected chi connectivity index (χ1v) is 8.30. The van der Waals surface area contributed by atoms with Crippen molar-refractivity contribution >= 4 is 16.0 Å². The molecule has 1 aromatic rings. The van der Waals surface area contributed by atoms with Crippen molar-refractivity contribution in [1.82, 2.24) is 14.7 Å². The molecule has 0 radical (unpaired) electrons. The van der Waals surface area contributed by atoms with Crippen LogP contribution in [0, 0.1) is 6.92 Å². The first-order chi connectivity index (χ1) is 9.50. The minimum Gasteiger partial charge on any atom is -0.378 e. The summed E-state index contributed by atoms with van der Waals surface area (Å²) in [7, 11) is -3.21. The Morgan fingerprint density at radius 3 is 2.70 bits per heavy atom. The number of morpholine rings is 1. The van der Waals surface area contributed by atoms with Gasteiger partial charge < -0.3 is 9.64 Å². The molecule has 1 aliphatic rings. The summed E-state index contributed by atoms with van der Waals surface area (Å²) in [5.74, 6) is 0.701. The summed E-state index contributed by atoms with van der Waals surface area (Å²) in [4.78, 5) is 10.9. The van der Waals surface area contributed by atoms with Crippen molar-refractivity contribution in [2.24, 2.45) is 0 Å². The summed E-state index contributed by atoms with van der Waals surface area (Å²) in [5, 5.41) is 0. The molecule has 0 unspecified atom stereocenters. The van der Waals surface area contributed by atoms with E-state index in [2.05, 4.69) is 14.7 Å². The summed E-state index contributed by atoms with van der Waals surface area (Å²) in [6.45, 7) is 6.50. The topological polar surface area (TPSA) is 84.4 Å². The van der Waals surface area contributed by atoms with Crippen LogP contribution in [-0.4, -0.2) is 50.4 Å². The zero-order valence-corrected chi connectivity index (χ0v) is 12.6. The van der Waals surface area contributed by atoms with Gasteiger partial charge in [-0.2, -0.15) is 0 Å². The molecule has 0 amide bonds. The van der Waals surface area contributed by atoms with Gasteiger partial charge in [-0.1, -0.05) is 0 Å². The summed E-state index contributed by atoms with van der Waals surface area (Å²) in [6.07, 6.45) is 0. The van der Waals surface area contributed by atoms with Gasteiger partial charge in [0.15, 0.2) is 0 Å². The SMILES string of the molecule is CCS(=O)(=O)NCc1cc(C)nc(N2CCOCC2)n1. The van der Waals surface area contributed by atoms with Crippen LogP contribution in [0.25, 0.3) is 0 Å². The molecule has 1 aliphatic heterocycles. The Morgan fingerprint density at radius 1 is 1.35 bits per heavy atom. The van der Waals surface area contributed by atoms with E-state index in [4.69, 9.17) is 4.74 Å². The van der Waals surface area contributed by atoms with Crippen LogP contribution in [0.4, 0.5) is 5.95 Å². The van der Waals surface area contributed by atoms with Crippen LogP contribution in [0.15, 0.2) is 6.07 Å². The lowest BCUT2D eigenvalue weighted by molar-refractivity contribution is 0.122. The van der Waals surface area contributed by atoms with Crippen molar-refractivity contribution < 1.29 is 13.2 Å². The van der Waals surface area contributed by atoms with E-state index in [0.29, 0.717) is 24.9 Å². The Kier molecular flexibility index (Phi) is 4.90. The van der Waals surface area contributed by atoms with Crippen LogP contribution in [0.3, 0.4) is 0 Å². The first-order valence-electron chi connectivity index (χ1n) is 6.65. The molecule has 112 valence electrons. The number of ether oxygens (including phenoxy) is 1. The molecule has 0 spiro atoms. The Balaban J connectivity index is 2.11. The van der Waals surface area contributed by atoms with E-state index in [0.717, 1.165) is 18.8 Å². The normalized spacial score (nSPS) is 16.4. The summed E-state index contributed by atoms with van der Waals surface area (Å²) in [6, 6.07) is 1.79. The van der Waals surface area contributed by atoms with Crippen molar-refractivity contribution in [1.29, 1.82) is 0 Å². The molecular weight excluding hydrogens is 280 g/mol. The molecule has 2 heterocycles. The average molecular weight is 300 g/mol. The molecule has 7 nitrogen and oxygen atoms in total. The van der Waals surface area contributed by atoms with Crippen LogP contribution in [0.2, 0.25) is 0 Å². The summed E-state index contributed by atoms with van der Waals surface area (Å²) < 4.78 is 30.7. The van der Waals surface area contributed by atoms with E-state index in [1.807, 2.05) is 11.8 Å². The third-order valence-electron chi connectivity index (χ3n) is 3.04. The fourth-order valence-corrected chi connectivity index (χ4v) is 2.47. The van der Waals surface area contributed by atoms with Gasteiger partial charge in [0, 0.05) is 18.8 Å². The molecule has 1 saturated heterocycles. The smallest absolute Gasteiger partial charge is 0.225 e. The van der Waals surface area contributed by atoms with Gasteiger partial charge >= 0.3 is 0 Å². The predicted octanol–water partition coefficient (Wildman–Crippen LogP) is 0.0609. The molecular formula is C12H20N4O3S. The second kappa shape index (κ2) is 6.47. The van der Waals surface area contributed by atoms with Gasteiger partial charge in [0.2, 0.25) is 16.0 Å². The number of anilines is 1. The minimum atomic E-state index is -3.21. The predicted molar refractivity (Wildman–Crippen MR) is 76.1 cm³/mol. The molecule has 0 aliphatic carbocycles. The average Bonchev–Trinajstić information content (AvgIpc) is 2.46. The highest BCUT2D eigenvalue weighted by atomic mass is 32.2. The Labute approximate surface area is 119 Å². The number of hydrogen-bond acceptors (Lipinski definition) is 6. The second-order valence-electron chi connectivity index (χ2n) is 4.62. The van der Waals surface area contributed by atoms with E-state index in [9.17, 15) is 8.42 Å².